The summed E-state index contributed by atoms with van der Waals surface area (Å²) in [5, 5.41) is 51.8. The number of aromatic hydroxyl groups is 2. The van der Waals surface area contributed by atoms with E-state index < -0.39 is 34.9 Å². The number of hydrogen-bond donors (Lipinski definition) is 8. The molecule has 54 heavy (non-hydrogen) atoms. The summed E-state index contributed by atoms with van der Waals surface area (Å²) < 4.78 is 84.1. The first kappa shape index (κ1) is 38.5. The van der Waals surface area contributed by atoms with Crippen LogP contribution in [-0.2, 0) is 11.4 Å². The lowest BCUT2D eigenvalue weighted by Crippen LogP contribution is -2.55. The Morgan fingerprint density at radius 3 is 1.15 bits per heavy atom. The third-order valence-electron chi connectivity index (χ3n) is 9.39. The summed E-state index contributed by atoms with van der Waals surface area (Å²) in [6.07, 6.45) is -10.2. The Labute approximate surface area is 305 Å². The molecule has 14 heteroatoms. The Hall–Kier alpha value is -5.22. The fourth-order valence-electron chi connectivity index (χ4n) is 6.64. The van der Waals surface area contributed by atoms with E-state index in [1.54, 1.807) is 60.7 Å². The molecule has 10 N–H and O–H groups in total. The maximum absolute atomic E-state index is 14.0. The van der Waals surface area contributed by atoms with Crippen molar-refractivity contribution in [2.45, 2.75) is 23.8 Å². The number of rotatable bonds is 11. The SMILES string of the molecule is NCCNC(O)(c1ccc(-c2cc3ccccc3c(-c3c(O)c(-c4ccc(C(O)(NCCN)C(F)(F)F)cc4)cc4ccccc34)c2O)cc1)C(F)(F)F. The maximum atomic E-state index is 14.0. The number of aliphatic hydroxyl groups is 2. The van der Waals surface area contributed by atoms with E-state index in [1.807, 2.05) is 0 Å². The lowest BCUT2D eigenvalue weighted by atomic mass is 9.86. The van der Waals surface area contributed by atoms with Crippen LogP contribution < -0.4 is 22.1 Å². The van der Waals surface area contributed by atoms with E-state index in [4.69, 9.17) is 11.5 Å². The van der Waals surface area contributed by atoms with Gasteiger partial charge >= 0.3 is 12.4 Å². The van der Waals surface area contributed by atoms with Gasteiger partial charge in [-0.25, -0.2) is 0 Å². The highest BCUT2D eigenvalue weighted by Crippen LogP contribution is 2.52. The van der Waals surface area contributed by atoms with Gasteiger partial charge in [0.2, 0.25) is 11.4 Å². The molecular weight excluding hydrogens is 714 g/mol. The van der Waals surface area contributed by atoms with Crippen LogP contribution in [0.3, 0.4) is 0 Å². The molecule has 0 aliphatic heterocycles. The number of nitrogens with two attached hydrogens (primary N) is 2. The Kier molecular flexibility index (Phi) is 10.4. The summed E-state index contributed by atoms with van der Waals surface area (Å²) in [5.41, 5.74) is 4.35. The standard InChI is InChI=1S/C40H36F6N4O4/c41-39(42,43)37(53,49-19-17-47)27-13-9-23(10-14-27)31-21-25-5-1-3-7-29(25)33(35(31)51)34-30-8-4-2-6-26(30)22-32(36(34)52)24-11-15-28(16-12-24)38(54,40(44,45)46)50-20-18-48/h1-16,21-22,49-54H,17-20,47-48H2. The second-order valence-corrected chi connectivity index (χ2v) is 12.7. The minimum absolute atomic E-state index is 0.160. The second-order valence-electron chi connectivity index (χ2n) is 12.7. The zero-order valence-electron chi connectivity index (χ0n) is 28.4. The van der Waals surface area contributed by atoms with Crippen molar-refractivity contribution in [3.8, 4) is 44.9 Å². The Morgan fingerprint density at radius 2 is 0.833 bits per heavy atom. The van der Waals surface area contributed by atoms with Gasteiger partial charge < -0.3 is 31.9 Å². The fraction of sp³-hybridized carbons (Fsp3) is 0.200. The molecule has 0 fully saturated rings. The Morgan fingerprint density at radius 1 is 0.500 bits per heavy atom. The van der Waals surface area contributed by atoms with E-state index >= 15 is 0 Å². The van der Waals surface area contributed by atoms with Crippen molar-refractivity contribution in [3.05, 3.63) is 120 Å². The van der Waals surface area contributed by atoms with Crippen molar-refractivity contribution < 1.29 is 46.8 Å². The van der Waals surface area contributed by atoms with Crippen LogP contribution in [-0.4, -0.2) is 59.0 Å². The van der Waals surface area contributed by atoms with Gasteiger partial charge in [-0.05, 0) is 44.8 Å². The van der Waals surface area contributed by atoms with Gasteiger partial charge in [0.1, 0.15) is 11.5 Å². The molecule has 6 aromatic carbocycles. The second kappa shape index (κ2) is 14.5. The van der Waals surface area contributed by atoms with E-state index in [9.17, 15) is 46.8 Å². The number of hydrogen-bond acceptors (Lipinski definition) is 8. The molecule has 0 radical (unpaired) electrons. The van der Waals surface area contributed by atoms with Crippen LogP contribution in [0.5, 0.6) is 11.5 Å². The number of nitrogens with one attached hydrogen (secondary N) is 2. The van der Waals surface area contributed by atoms with Gasteiger partial charge in [0, 0.05) is 59.6 Å². The molecule has 8 nitrogen and oxygen atoms in total. The molecule has 0 saturated carbocycles. The zero-order valence-corrected chi connectivity index (χ0v) is 28.4. The predicted octanol–water partition coefficient (Wildman–Crippen LogP) is 6.92. The molecule has 0 bridgehead atoms. The Balaban J connectivity index is 1.54. The fourth-order valence-corrected chi connectivity index (χ4v) is 6.64. The predicted molar refractivity (Wildman–Crippen MR) is 195 cm³/mol. The summed E-state index contributed by atoms with van der Waals surface area (Å²) in [4.78, 5) is 0. The minimum Gasteiger partial charge on any atom is -0.507 e. The highest BCUT2D eigenvalue weighted by molar-refractivity contribution is 6.13. The van der Waals surface area contributed by atoms with Gasteiger partial charge in [0.05, 0.1) is 0 Å². The summed E-state index contributed by atoms with van der Waals surface area (Å²) >= 11 is 0. The summed E-state index contributed by atoms with van der Waals surface area (Å²) in [6, 6.07) is 26.9. The van der Waals surface area contributed by atoms with Crippen LogP contribution in [0, 0.1) is 0 Å². The molecule has 282 valence electrons. The largest absolute Gasteiger partial charge is 0.507 e. The van der Waals surface area contributed by atoms with Crippen molar-refractivity contribution in [2.24, 2.45) is 11.5 Å². The van der Waals surface area contributed by atoms with Crippen molar-refractivity contribution >= 4 is 21.5 Å². The summed E-state index contributed by atoms with van der Waals surface area (Å²) in [6.45, 7) is -0.969. The quantitative estimate of drug-likeness (QED) is 0.0525. The number of halogens is 6. The molecule has 2 atom stereocenters. The highest BCUT2D eigenvalue weighted by atomic mass is 19.4. The summed E-state index contributed by atoms with van der Waals surface area (Å²) in [5.74, 6) is -0.633. The first-order chi connectivity index (χ1) is 25.6. The molecular formula is C40H36F6N4O4. The third kappa shape index (κ3) is 6.72. The smallest absolute Gasteiger partial charge is 0.435 e. The van der Waals surface area contributed by atoms with Crippen LogP contribution in [0.25, 0.3) is 54.9 Å². The lowest BCUT2D eigenvalue weighted by Gasteiger charge is -2.32. The number of phenols is 2. The molecule has 2 unspecified atom stereocenters. The van der Waals surface area contributed by atoms with Gasteiger partial charge in [-0.3, -0.25) is 10.6 Å². The van der Waals surface area contributed by atoms with Gasteiger partial charge in [0.15, 0.2) is 0 Å². The van der Waals surface area contributed by atoms with E-state index in [0.717, 1.165) is 24.3 Å². The first-order valence-electron chi connectivity index (χ1n) is 16.8. The normalized spacial score (nSPS) is 14.6. The van der Waals surface area contributed by atoms with Crippen molar-refractivity contribution in [1.82, 2.24) is 10.6 Å². The van der Waals surface area contributed by atoms with Crippen LogP contribution in [0.2, 0.25) is 0 Å². The molecule has 0 aliphatic carbocycles. The average Bonchev–Trinajstić information content (AvgIpc) is 3.15. The lowest BCUT2D eigenvalue weighted by molar-refractivity contribution is -0.279. The molecule has 0 heterocycles. The van der Waals surface area contributed by atoms with Crippen LogP contribution >= 0.6 is 0 Å². The van der Waals surface area contributed by atoms with Crippen molar-refractivity contribution in [1.29, 1.82) is 0 Å². The zero-order chi connectivity index (χ0) is 39.1. The molecule has 6 rings (SSSR count). The third-order valence-corrected chi connectivity index (χ3v) is 9.39. The number of alkyl halides is 6. The van der Waals surface area contributed by atoms with E-state index in [0.29, 0.717) is 32.7 Å². The molecule has 0 amide bonds. The highest BCUT2D eigenvalue weighted by Gasteiger charge is 2.55. The monoisotopic (exact) mass is 750 g/mol. The molecule has 0 spiro atoms. The van der Waals surface area contributed by atoms with Crippen molar-refractivity contribution in [2.75, 3.05) is 26.2 Å². The van der Waals surface area contributed by atoms with E-state index in [2.05, 4.69) is 10.6 Å². The van der Waals surface area contributed by atoms with Gasteiger partial charge in [-0.2, -0.15) is 26.3 Å². The van der Waals surface area contributed by atoms with Gasteiger partial charge in [-0.15, -0.1) is 0 Å². The summed E-state index contributed by atoms with van der Waals surface area (Å²) in [7, 11) is 0. The molecule has 0 saturated heterocycles. The molecule has 0 aliphatic rings. The van der Waals surface area contributed by atoms with Gasteiger partial charge in [-0.1, -0.05) is 97.1 Å². The van der Waals surface area contributed by atoms with Crippen LogP contribution in [0.1, 0.15) is 11.1 Å². The van der Waals surface area contributed by atoms with Crippen LogP contribution in [0.4, 0.5) is 26.3 Å². The molecule has 6 aromatic rings. The molecule has 0 aromatic heterocycles. The van der Waals surface area contributed by atoms with E-state index in [1.165, 1.54) is 24.3 Å². The van der Waals surface area contributed by atoms with E-state index in [-0.39, 0.29) is 59.9 Å². The van der Waals surface area contributed by atoms with Crippen molar-refractivity contribution in [3.63, 3.8) is 0 Å². The topological polar surface area (TPSA) is 157 Å². The number of phenolic OH excluding ortho intramolecular Hbond substituents is 2. The average molecular weight is 751 g/mol. The van der Waals surface area contributed by atoms with Crippen LogP contribution in [0.15, 0.2) is 109 Å². The number of benzene rings is 6. The number of fused-ring (bicyclic) bond motifs is 2. The first-order valence-corrected chi connectivity index (χ1v) is 16.8. The maximum Gasteiger partial charge on any atom is 0.435 e. The minimum atomic E-state index is -5.09. The Bertz CT molecular complexity index is 2140. The van der Waals surface area contributed by atoms with Gasteiger partial charge in [0.25, 0.3) is 0 Å².